The molecule has 0 aliphatic rings. The van der Waals surface area contributed by atoms with Crippen molar-refractivity contribution in [3.05, 3.63) is 29.8 Å². The van der Waals surface area contributed by atoms with Gasteiger partial charge in [0.2, 0.25) is 0 Å². The fourth-order valence-corrected chi connectivity index (χ4v) is 1.99. The number of rotatable bonds is 11. The van der Waals surface area contributed by atoms with Crippen LogP contribution in [-0.4, -0.2) is 26.3 Å². The summed E-state index contributed by atoms with van der Waals surface area (Å²) in [6.07, 6.45) is 4.95. The van der Waals surface area contributed by atoms with Gasteiger partial charge in [-0.25, -0.2) is 0 Å². The first kappa shape index (κ1) is 17.0. The Morgan fingerprint density at radius 3 is 2.35 bits per heavy atom. The molecule has 0 spiro atoms. The van der Waals surface area contributed by atoms with Crippen LogP contribution in [0.5, 0.6) is 5.75 Å². The maximum absolute atomic E-state index is 5.68. The van der Waals surface area contributed by atoms with Gasteiger partial charge < -0.3 is 14.8 Å². The molecule has 0 aliphatic carbocycles. The summed E-state index contributed by atoms with van der Waals surface area (Å²) in [6, 6.07) is 8.65. The third-order valence-corrected chi connectivity index (χ3v) is 3.20. The van der Waals surface area contributed by atoms with Gasteiger partial charge in [0, 0.05) is 12.6 Å². The molecule has 3 heteroatoms. The largest absolute Gasteiger partial charge is 0.497 e. The number of nitrogens with one attached hydrogen (secondary N) is 1. The maximum Gasteiger partial charge on any atom is 0.118 e. The van der Waals surface area contributed by atoms with Crippen LogP contribution in [0.4, 0.5) is 0 Å². The molecule has 0 amide bonds. The highest BCUT2D eigenvalue weighted by Crippen LogP contribution is 2.12. The second-order valence-electron chi connectivity index (χ2n) is 5.42. The molecule has 20 heavy (non-hydrogen) atoms. The van der Waals surface area contributed by atoms with Crippen LogP contribution >= 0.6 is 0 Å². The standard InChI is InChI=1S/C17H29NO2/c1-15(2)18-12-6-4-5-7-13-20-14-16-8-10-17(19-3)11-9-16/h8-11,15,18H,4-7,12-14H2,1-3H3. The lowest BCUT2D eigenvalue weighted by Crippen LogP contribution is -2.23. The van der Waals surface area contributed by atoms with Gasteiger partial charge >= 0.3 is 0 Å². The predicted octanol–water partition coefficient (Wildman–Crippen LogP) is 3.77. The smallest absolute Gasteiger partial charge is 0.118 e. The van der Waals surface area contributed by atoms with Crippen LogP contribution in [0.25, 0.3) is 0 Å². The molecule has 0 bridgehead atoms. The van der Waals surface area contributed by atoms with Crippen LogP contribution in [-0.2, 0) is 11.3 Å². The summed E-state index contributed by atoms with van der Waals surface area (Å²) >= 11 is 0. The van der Waals surface area contributed by atoms with E-state index in [2.05, 4.69) is 31.3 Å². The van der Waals surface area contributed by atoms with Gasteiger partial charge in [0.1, 0.15) is 5.75 Å². The van der Waals surface area contributed by atoms with E-state index >= 15 is 0 Å². The zero-order valence-electron chi connectivity index (χ0n) is 13.2. The van der Waals surface area contributed by atoms with Crippen LogP contribution in [0.15, 0.2) is 24.3 Å². The van der Waals surface area contributed by atoms with Gasteiger partial charge in [-0.05, 0) is 37.1 Å². The van der Waals surface area contributed by atoms with Gasteiger partial charge in [0.25, 0.3) is 0 Å². The number of unbranched alkanes of at least 4 members (excludes halogenated alkanes) is 3. The van der Waals surface area contributed by atoms with E-state index in [1.807, 2.05) is 12.1 Å². The minimum absolute atomic E-state index is 0.600. The second kappa shape index (κ2) is 10.7. The molecule has 0 aliphatic heterocycles. The molecule has 0 radical (unpaired) electrons. The minimum Gasteiger partial charge on any atom is -0.497 e. The first-order valence-corrected chi connectivity index (χ1v) is 7.66. The predicted molar refractivity (Wildman–Crippen MR) is 84.3 cm³/mol. The van der Waals surface area contributed by atoms with Crippen molar-refractivity contribution in [2.45, 2.75) is 52.2 Å². The number of methoxy groups -OCH3 is 1. The molecule has 114 valence electrons. The molecule has 0 aromatic heterocycles. The highest BCUT2D eigenvalue weighted by atomic mass is 16.5. The van der Waals surface area contributed by atoms with Crippen LogP contribution in [0.3, 0.4) is 0 Å². The lowest BCUT2D eigenvalue weighted by Gasteiger charge is -2.08. The van der Waals surface area contributed by atoms with Crippen molar-refractivity contribution in [3.63, 3.8) is 0 Å². The zero-order valence-corrected chi connectivity index (χ0v) is 13.2. The molecule has 0 heterocycles. The van der Waals surface area contributed by atoms with E-state index in [9.17, 15) is 0 Å². The summed E-state index contributed by atoms with van der Waals surface area (Å²) in [4.78, 5) is 0. The first-order chi connectivity index (χ1) is 9.72. The van der Waals surface area contributed by atoms with Crippen molar-refractivity contribution in [2.24, 2.45) is 0 Å². The molecule has 0 fully saturated rings. The van der Waals surface area contributed by atoms with Crippen molar-refractivity contribution in [3.8, 4) is 5.75 Å². The average Bonchev–Trinajstić information content (AvgIpc) is 2.46. The van der Waals surface area contributed by atoms with Crippen LogP contribution in [0.1, 0.15) is 45.1 Å². The van der Waals surface area contributed by atoms with E-state index in [0.717, 1.165) is 25.3 Å². The van der Waals surface area contributed by atoms with Gasteiger partial charge in [0.15, 0.2) is 0 Å². The van der Waals surface area contributed by atoms with E-state index in [1.165, 1.54) is 24.8 Å². The van der Waals surface area contributed by atoms with Gasteiger partial charge in [-0.15, -0.1) is 0 Å². The molecule has 0 unspecified atom stereocenters. The summed E-state index contributed by atoms with van der Waals surface area (Å²) in [5.41, 5.74) is 1.20. The monoisotopic (exact) mass is 279 g/mol. The van der Waals surface area contributed by atoms with Crippen molar-refractivity contribution >= 4 is 0 Å². The first-order valence-electron chi connectivity index (χ1n) is 7.66. The Hall–Kier alpha value is -1.06. The summed E-state index contributed by atoms with van der Waals surface area (Å²) in [5.74, 6) is 0.892. The molecule has 1 aromatic rings. The number of hydrogen-bond acceptors (Lipinski definition) is 3. The second-order valence-corrected chi connectivity index (χ2v) is 5.42. The minimum atomic E-state index is 0.600. The van der Waals surface area contributed by atoms with E-state index in [0.29, 0.717) is 12.6 Å². The SMILES string of the molecule is COc1ccc(COCCCCCCNC(C)C)cc1. The Morgan fingerprint density at radius 1 is 1.00 bits per heavy atom. The quantitative estimate of drug-likeness (QED) is 0.625. The van der Waals surface area contributed by atoms with E-state index in [1.54, 1.807) is 7.11 Å². The van der Waals surface area contributed by atoms with E-state index in [-0.39, 0.29) is 0 Å². The Labute approximate surface area is 123 Å². The van der Waals surface area contributed by atoms with Crippen molar-refractivity contribution in [1.82, 2.24) is 5.32 Å². The molecule has 1 N–H and O–H groups in total. The molecule has 0 saturated carbocycles. The summed E-state index contributed by atoms with van der Waals surface area (Å²) < 4.78 is 10.8. The summed E-state index contributed by atoms with van der Waals surface area (Å²) in [6.45, 7) is 7.05. The Kier molecular flexibility index (Phi) is 9.09. The van der Waals surface area contributed by atoms with Crippen LogP contribution in [0.2, 0.25) is 0 Å². The van der Waals surface area contributed by atoms with Gasteiger partial charge in [0.05, 0.1) is 13.7 Å². The van der Waals surface area contributed by atoms with Gasteiger partial charge in [-0.1, -0.05) is 38.8 Å². The fourth-order valence-electron chi connectivity index (χ4n) is 1.99. The molecule has 1 rings (SSSR count). The Morgan fingerprint density at radius 2 is 1.70 bits per heavy atom. The van der Waals surface area contributed by atoms with E-state index in [4.69, 9.17) is 9.47 Å². The lowest BCUT2D eigenvalue weighted by molar-refractivity contribution is 0.116. The molecular formula is C17H29NO2. The van der Waals surface area contributed by atoms with Crippen molar-refractivity contribution in [2.75, 3.05) is 20.3 Å². The third kappa shape index (κ3) is 8.18. The topological polar surface area (TPSA) is 30.5 Å². The van der Waals surface area contributed by atoms with Crippen molar-refractivity contribution in [1.29, 1.82) is 0 Å². The lowest BCUT2D eigenvalue weighted by atomic mass is 10.2. The molecule has 0 saturated heterocycles. The molecular weight excluding hydrogens is 250 g/mol. The highest BCUT2D eigenvalue weighted by Gasteiger charge is 1.96. The van der Waals surface area contributed by atoms with Crippen LogP contribution < -0.4 is 10.1 Å². The average molecular weight is 279 g/mol. The Bertz CT molecular complexity index is 335. The Balaban J connectivity index is 1.94. The number of ether oxygens (including phenoxy) is 2. The highest BCUT2D eigenvalue weighted by molar-refractivity contribution is 5.26. The number of benzene rings is 1. The molecule has 1 aromatic carbocycles. The van der Waals surface area contributed by atoms with Crippen LogP contribution in [0, 0.1) is 0 Å². The fraction of sp³-hybridized carbons (Fsp3) is 0.647. The summed E-state index contributed by atoms with van der Waals surface area (Å²) in [7, 11) is 1.68. The van der Waals surface area contributed by atoms with Gasteiger partial charge in [-0.2, -0.15) is 0 Å². The van der Waals surface area contributed by atoms with Gasteiger partial charge in [-0.3, -0.25) is 0 Å². The number of hydrogen-bond donors (Lipinski definition) is 1. The zero-order chi connectivity index (χ0) is 14.6. The maximum atomic E-state index is 5.68. The normalized spacial score (nSPS) is 11.0. The third-order valence-electron chi connectivity index (χ3n) is 3.20. The van der Waals surface area contributed by atoms with E-state index < -0.39 is 0 Å². The van der Waals surface area contributed by atoms with Crippen molar-refractivity contribution < 1.29 is 9.47 Å². The summed E-state index contributed by atoms with van der Waals surface area (Å²) in [5, 5.41) is 3.44. The molecule has 0 atom stereocenters. The molecule has 3 nitrogen and oxygen atoms in total.